The fourth-order valence-corrected chi connectivity index (χ4v) is 1.99. The van der Waals surface area contributed by atoms with Gasteiger partial charge in [0.2, 0.25) is 0 Å². The van der Waals surface area contributed by atoms with E-state index in [-0.39, 0.29) is 11.5 Å². The van der Waals surface area contributed by atoms with Gasteiger partial charge in [-0.15, -0.1) is 0 Å². The molecule has 16 heavy (non-hydrogen) atoms. The van der Waals surface area contributed by atoms with Crippen molar-refractivity contribution in [2.45, 2.75) is 26.3 Å². The third-order valence-corrected chi connectivity index (χ3v) is 3.67. The quantitative estimate of drug-likeness (QED) is 0.873. The predicted molar refractivity (Wildman–Crippen MR) is 70.8 cm³/mol. The molecule has 2 nitrogen and oxygen atoms in total. The highest BCUT2D eigenvalue weighted by atomic mass is 35.5. The predicted octanol–water partition coefficient (Wildman–Crippen LogP) is 3.37. The van der Waals surface area contributed by atoms with Gasteiger partial charge in [-0.1, -0.05) is 43.1 Å². The maximum Gasteiger partial charge on any atom is 0.0595 e. The largest absolute Gasteiger partial charge is 0.330 e. The van der Waals surface area contributed by atoms with E-state index in [1.807, 2.05) is 12.1 Å². The molecule has 0 aliphatic heterocycles. The lowest BCUT2D eigenvalue weighted by atomic mass is 9.78. The number of rotatable bonds is 4. The minimum absolute atomic E-state index is 0.0497. The molecule has 0 saturated heterocycles. The summed E-state index contributed by atoms with van der Waals surface area (Å²) < 4.78 is 0. The van der Waals surface area contributed by atoms with Gasteiger partial charge in [-0.2, -0.15) is 0 Å². The van der Waals surface area contributed by atoms with Crippen LogP contribution in [-0.4, -0.2) is 6.54 Å². The third kappa shape index (κ3) is 3.11. The summed E-state index contributed by atoms with van der Waals surface area (Å²) in [6, 6.07) is 5.42. The van der Waals surface area contributed by atoms with Crippen LogP contribution in [0.2, 0.25) is 10.0 Å². The molecule has 4 N–H and O–H groups in total. The first-order valence-corrected chi connectivity index (χ1v) is 6.04. The van der Waals surface area contributed by atoms with Crippen LogP contribution in [0.25, 0.3) is 0 Å². The zero-order valence-electron chi connectivity index (χ0n) is 9.63. The van der Waals surface area contributed by atoms with Crippen LogP contribution in [0.4, 0.5) is 0 Å². The van der Waals surface area contributed by atoms with Crippen LogP contribution in [0.15, 0.2) is 18.2 Å². The number of nitrogens with two attached hydrogens (primary N) is 2. The van der Waals surface area contributed by atoms with Gasteiger partial charge in [-0.3, -0.25) is 0 Å². The molecule has 0 saturated carbocycles. The van der Waals surface area contributed by atoms with Crippen molar-refractivity contribution in [3.63, 3.8) is 0 Å². The van der Waals surface area contributed by atoms with Crippen LogP contribution < -0.4 is 11.5 Å². The van der Waals surface area contributed by atoms with Crippen LogP contribution in [0.3, 0.4) is 0 Å². The van der Waals surface area contributed by atoms with E-state index in [1.54, 1.807) is 6.07 Å². The van der Waals surface area contributed by atoms with E-state index in [0.29, 0.717) is 16.6 Å². The number of halogens is 2. The smallest absolute Gasteiger partial charge is 0.0595 e. The van der Waals surface area contributed by atoms with Crippen molar-refractivity contribution in [2.75, 3.05) is 6.54 Å². The SMILES string of the molecule is CC(C)(CCN)C(N)c1ccc(Cl)c(Cl)c1. The maximum absolute atomic E-state index is 6.22. The summed E-state index contributed by atoms with van der Waals surface area (Å²) in [5, 5.41) is 1.09. The Morgan fingerprint density at radius 2 is 1.88 bits per heavy atom. The highest BCUT2D eigenvalue weighted by molar-refractivity contribution is 6.42. The first-order chi connectivity index (χ1) is 7.38. The van der Waals surface area contributed by atoms with E-state index in [9.17, 15) is 0 Å². The van der Waals surface area contributed by atoms with Crippen LogP contribution in [0.1, 0.15) is 31.9 Å². The van der Waals surface area contributed by atoms with Gasteiger partial charge in [-0.05, 0) is 36.1 Å². The van der Waals surface area contributed by atoms with Crippen LogP contribution in [-0.2, 0) is 0 Å². The van der Waals surface area contributed by atoms with E-state index in [0.717, 1.165) is 12.0 Å². The van der Waals surface area contributed by atoms with Crippen LogP contribution >= 0.6 is 23.2 Å². The van der Waals surface area contributed by atoms with Gasteiger partial charge < -0.3 is 11.5 Å². The Labute approximate surface area is 107 Å². The number of benzene rings is 1. The van der Waals surface area contributed by atoms with E-state index in [2.05, 4.69) is 13.8 Å². The second-order valence-corrected chi connectivity index (χ2v) is 5.49. The second kappa shape index (κ2) is 5.37. The Morgan fingerprint density at radius 3 is 2.38 bits per heavy atom. The van der Waals surface area contributed by atoms with Crippen molar-refractivity contribution >= 4 is 23.2 Å². The maximum atomic E-state index is 6.22. The van der Waals surface area contributed by atoms with Gasteiger partial charge in [0.1, 0.15) is 0 Å². The van der Waals surface area contributed by atoms with Gasteiger partial charge in [0, 0.05) is 6.04 Å². The summed E-state index contributed by atoms with van der Waals surface area (Å²) >= 11 is 11.8. The van der Waals surface area contributed by atoms with E-state index in [4.69, 9.17) is 34.7 Å². The minimum atomic E-state index is -0.0918. The van der Waals surface area contributed by atoms with Crippen molar-refractivity contribution in [3.05, 3.63) is 33.8 Å². The minimum Gasteiger partial charge on any atom is -0.330 e. The van der Waals surface area contributed by atoms with Crippen molar-refractivity contribution in [1.82, 2.24) is 0 Å². The Morgan fingerprint density at radius 1 is 1.25 bits per heavy atom. The third-order valence-electron chi connectivity index (χ3n) is 2.93. The molecule has 90 valence electrons. The Hall–Kier alpha value is -0.280. The fourth-order valence-electron chi connectivity index (χ4n) is 1.68. The molecule has 1 aromatic rings. The summed E-state index contributed by atoms with van der Waals surface area (Å²) in [5.41, 5.74) is 12.7. The molecule has 0 amide bonds. The molecule has 4 heteroatoms. The lowest BCUT2D eigenvalue weighted by Gasteiger charge is -2.31. The molecular weight excluding hydrogens is 243 g/mol. The topological polar surface area (TPSA) is 52.0 Å². The van der Waals surface area contributed by atoms with Crippen LogP contribution in [0.5, 0.6) is 0 Å². The molecule has 0 aromatic heterocycles. The molecule has 1 aromatic carbocycles. The normalized spacial score (nSPS) is 13.9. The van der Waals surface area contributed by atoms with Gasteiger partial charge in [0.05, 0.1) is 10.0 Å². The molecular formula is C12H18Cl2N2. The average molecular weight is 261 g/mol. The summed E-state index contributed by atoms with van der Waals surface area (Å²) in [6.07, 6.45) is 0.869. The van der Waals surface area contributed by atoms with E-state index >= 15 is 0 Å². The zero-order chi connectivity index (χ0) is 12.3. The first kappa shape index (κ1) is 13.8. The molecule has 0 aliphatic rings. The fraction of sp³-hybridized carbons (Fsp3) is 0.500. The highest BCUT2D eigenvalue weighted by Gasteiger charge is 2.27. The molecule has 0 fully saturated rings. The Bertz CT molecular complexity index is 364. The van der Waals surface area contributed by atoms with Crippen molar-refractivity contribution in [2.24, 2.45) is 16.9 Å². The summed E-state index contributed by atoms with van der Waals surface area (Å²) in [4.78, 5) is 0. The number of hydrogen-bond acceptors (Lipinski definition) is 2. The molecule has 0 bridgehead atoms. The summed E-state index contributed by atoms with van der Waals surface area (Å²) in [6.45, 7) is 4.84. The van der Waals surface area contributed by atoms with E-state index < -0.39 is 0 Å². The Kier molecular flexibility index (Phi) is 4.62. The van der Waals surface area contributed by atoms with Crippen molar-refractivity contribution in [3.8, 4) is 0 Å². The molecule has 0 heterocycles. The number of hydrogen-bond donors (Lipinski definition) is 2. The van der Waals surface area contributed by atoms with Gasteiger partial charge in [-0.25, -0.2) is 0 Å². The molecule has 1 atom stereocenters. The van der Waals surface area contributed by atoms with Crippen LogP contribution in [0, 0.1) is 5.41 Å². The highest BCUT2D eigenvalue weighted by Crippen LogP contribution is 2.36. The van der Waals surface area contributed by atoms with Gasteiger partial charge in [0.25, 0.3) is 0 Å². The zero-order valence-corrected chi connectivity index (χ0v) is 11.1. The second-order valence-electron chi connectivity index (χ2n) is 4.68. The molecule has 0 aliphatic carbocycles. The molecule has 1 rings (SSSR count). The average Bonchev–Trinajstić information content (AvgIpc) is 2.21. The molecule has 0 radical (unpaired) electrons. The lowest BCUT2D eigenvalue weighted by Crippen LogP contribution is -2.31. The molecule has 1 unspecified atom stereocenters. The van der Waals surface area contributed by atoms with Crippen molar-refractivity contribution < 1.29 is 0 Å². The van der Waals surface area contributed by atoms with E-state index in [1.165, 1.54) is 0 Å². The summed E-state index contributed by atoms with van der Waals surface area (Å²) in [5.74, 6) is 0. The Balaban J connectivity index is 2.95. The molecule has 0 spiro atoms. The van der Waals surface area contributed by atoms with Gasteiger partial charge in [0.15, 0.2) is 0 Å². The first-order valence-electron chi connectivity index (χ1n) is 5.29. The summed E-state index contributed by atoms with van der Waals surface area (Å²) in [7, 11) is 0. The lowest BCUT2D eigenvalue weighted by molar-refractivity contribution is 0.271. The monoisotopic (exact) mass is 260 g/mol. The van der Waals surface area contributed by atoms with Gasteiger partial charge >= 0.3 is 0 Å². The van der Waals surface area contributed by atoms with Crippen molar-refractivity contribution in [1.29, 1.82) is 0 Å². The standard InChI is InChI=1S/C12H18Cl2N2/c1-12(2,5-6-15)11(16)8-3-4-9(13)10(14)7-8/h3-4,7,11H,5-6,15-16H2,1-2H3.